The molecule has 1 aromatic rings. The number of nitrogens with zero attached hydrogens (tertiary/aromatic N) is 1. The minimum Gasteiger partial charge on any atom is -0.548 e. The number of para-hydroxylation sites is 1. The third-order valence-corrected chi connectivity index (χ3v) is 3.83. The summed E-state index contributed by atoms with van der Waals surface area (Å²) in [6, 6.07) is 3.90. The summed E-state index contributed by atoms with van der Waals surface area (Å²) in [5.74, 6) is -1.46. The molecule has 1 N–H and O–H groups in total. The standard InChI is InChI=1S/C13H12N2O4/c16-13(17)12-9-4-1-3-7(9)8-5-2-6-10(15(18)19)11(8)14-12/h1-3,5-7,9,12,14H,4H2,(H,16,17)/p-1/t7-,9-,12+/m1/s1. The van der Waals surface area contributed by atoms with Crippen molar-refractivity contribution in [2.24, 2.45) is 5.92 Å². The SMILES string of the molecule is O=C([O-])[C@H]1Nc2c(cccc2[N+](=O)[O-])[C@H]2C=CC[C@@H]12. The van der Waals surface area contributed by atoms with Gasteiger partial charge in [-0.15, -0.1) is 0 Å². The maximum atomic E-state index is 11.2. The van der Waals surface area contributed by atoms with Crippen LogP contribution in [0.3, 0.4) is 0 Å². The van der Waals surface area contributed by atoms with Gasteiger partial charge in [-0.05, 0) is 17.9 Å². The number of nitrogens with one attached hydrogen (secondary N) is 1. The number of benzene rings is 1. The Hall–Kier alpha value is -2.37. The number of anilines is 1. The zero-order valence-electron chi connectivity index (χ0n) is 9.91. The predicted octanol–water partition coefficient (Wildman–Crippen LogP) is 0.798. The fourth-order valence-electron chi connectivity index (χ4n) is 2.99. The number of rotatable bonds is 2. The second-order valence-electron chi connectivity index (χ2n) is 4.79. The van der Waals surface area contributed by atoms with E-state index >= 15 is 0 Å². The minimum atomic E-state index is -1.22. The van der Waals surface area contributed by atoms with Crippen LogP contribution in [0.2, 0.25) is 0 Å². The molecule has 0 spiro atoms. The van der Waals surface area contributed by atoms with E-state index in [1.165, 1.54) is 6.07 Å². The van der Waals surface area contributed by atoms with Crippen LogP contribution in [0.1, 0.15) is 17.9 Å². The highest BCUT2D eigenvalue weighted by Crippen LogP contribution is 2.47. The number of hydrogen-bond donors (Lipinski definition) is 1. The van der Waals surface area contributed by atoms with Crippen LogP contribution in [-0.2, 0) is 4.79 Å². The molecule has 1 aliphatic carbocycles. The molecule has 2 aliphatic rings. The molecular weight excluding hydrogens is 248 g/mol. The molecule has 1 aliphatic heterocycles. The van der Waals surface area contributed by atoms with E-state index in [0.717, 1.165) is 5.56 Å². The van der Waals surface area contributed by atoms with Gasteiger partial charge >= 0.3 is 0 Å². The summed E-state index contributed by atoms with van der Waals surface area (Å²) < 4.78 is 0. The molecule has 0 bridgehead atoms. The Labute approximate surface area is 108 Å². The molecule has 19 heavy (non-hydrogen) atoms. The van der Waals surface area contributed by atoms with Crippen molar-refractivity contribution in [3.8, 4) is 0 Å². The molecule has 98 valence electrons. The molecule has 1 heterocycles. The highest BCUT2D eigenvalue weighted by Gasteiger charge is 2.40. The lowest BCUT2D eigenvalue weighted by atomic mass is 9.79. The quantitative estimate of drug-likeness (QED) is 0.481. The topological polar surface area (TPSA) is 95.3 Å². The molecule has 6 nitrogen and oxygen atoms in total. The zero-order valence-corrected chi connectivity index (χ0v) is 9.91. The Bertz CT molecular complexity index is 596. The number of fused-ring (bicyclic) bond motifs is 3. The van der Waals surface area contributed by atoms with Crippen LogP contribution in [0.25, 0.3) is 0 Å². The first-order chi connectivity index (χ1) is 9.09. The summed E-state index contributed by atoms with van der Waals surface area (Å²) in [4.78, 5) is 21.7. The van der Waals surface area contributed by atoms with E-state index in [-0.39, 0.29) is 17.5 Å². The van der Waals surface area contributed by atoms with Gasteiger partial charge < -0.3 is 15.2 Å². The Morgan fingerprint density at radius 3 is 2.89 bits per heavy atom. The number of carbonyl (C=O) groups excluding carboxylic acids is 1. The van der Waals surface area contributed by atoms with Gasteiger partial charge in [-0.25, -0.2) is 0 Å². The third kappa shape index (κ3) is 1.68. The monoisotopic (exact) mass is 259 g/mol. The van der Waals surface area contributed by atoms with Crippen LogP contribution in [0.5, 0.6) is 0 Å². The van der Waals surface area contributed by atoms with Crippen molar-refractivity contribution >= 4 is 17.3 Å². The summed E-state index contributed by atoms with van der Waals surface area (Å²) >= 11 is 0. The smallest absolute Gasteiger partial charge is 0.292 e. The molecule has 3 atom stereocenters. The van der Waals surface area contributed by atoms with Gasteiger partial charge in [0.25, 0.3) is 5.69 Å². The van der Waals surface area contributed by atoms with E-state index < -0.39 is 16.9 Å². The van der Waals surface area contributed by atoms with E-state index in [1.807, 2.05) is 12.2 Å². The maximum Gasteiger partial charge on any atom is 0.292 e. The van der Waals surface area contributed by atoms with Gasteiger partial charge in [0.2, 0.25) is 0 Å². The van der Waals surface area contributed by atoms with Crippen molar-refractivity contribution in [3.05, 3.63) is 46.0 Å². The molecule has 3 rings (SSSR count). The van der Waals surface area contributed by atoms with Crippen LogP contribution < -0.4 is 10.4 Å². The molecule has 0 radical (unpaired) electrons. The second kappa shape index (κ2) is 4.08. The van der Waals surface area contributed by atoms with Gasteiger partial charge in [0, 0.05) is 12.0 Å². The largest absolute Gasteiger partial charge is 0.548 e. The molecule has 0 amide bonds. The second-order valence-corrected chi connectivity index (χ2v) is 4.79. The van der Waals surface area contributed by atoms with E-state index in [9.17, 15) is 20.0 Å². The Morgan fingerprint density at radius 1 is 1.42 bits per heavy atom. The van der Waals surface area contributed by atoms with Gasteiger partial charge in [-0.1, -0.05) is 24.3 Å². The molecule has 0 saturated heterocycles. The van der Waals surface area contributed by atoms with Crippen molar-refractivity contribution in [1.29, 1.82) is 0 Å². The summed E-state index contributed by atoms with van der Waals surface area (Å²) in [5, 5.41) is 25.0. The van der Waals surface area contributed by atoms with E-state index in [0.29, 0.717) is 12.1 Å². The average Bonchev–Trinajstić information content (AvgIpc) is 2.85. The molecule has 1 aromatic carbocycles. The number of nitro groups is 1. The van der Waals surface area contributed by atoms with Crippen LogP contribution in [0, 0.1) is 16.0 Å². The van der Waals surface area contributed by atoms with Crippen LogP contribution in [0.15, 0.2) is 30.4 Å². The minimum absolute atomic E-state index is 0.0949. The highest BCUT2D eigenvalue weighted by atomic mass is 16.6. The number of hydrogen-bond acceptors (Lipinski definition) is 5. The lowest BCUT2D eigenvalue weighted by molar-refractivity contribution is -0.384. The van der Waals surface area contributed by atoms with Gasteiger partial charge in [0.05, 0.1) is 16.9 Å². The fourth-order valence-corrected chi connectivity index (χ4v) is 2.99. The van der Waals surface area contributed by atoms with Crippen molar-refractivity contribution in [2.75, 3.05) is 5.32 Å². The lowest BCUT2D eigenvalue weighted by Crippen LogP contribution is -2.48. The predicted molar refractivity (Wildman–Crippen MR) is 65.5 cm³/mol. The molecule has 0 unspecified atom stereocenters. The fraction of sp³-hybridized carbons (Fsp3) is 0.308. The van der Waals surface area contributed by atoms with Crippen molar-refractivity contribution in [2.45, 2.75) is 18.4 Å². The van der Waals surface area contributed by atoms with Crippen LogP contribution in [-0.4, -0.2) is 16.9 Å². The molecule has 0 fully saturated rings. The Balaban J connectivity index is 2.15. The van der Waals surface area contributed by atoms with Gasteiger partial charge in [0.15, 0.2) is 0 Å². The molecule has 0 saturated carbocycles. The number of carboxylic acid groups (broad SMARTS) is 1. The van der Waals surface area contributed by atoms with Crippen LogP contribution in [0.4, 0.5) is 11.4 Å². The first-order valence-corrected chi connectivity index (χ1v) is 6.01. The number of allylic oxidation sites excluding steroid dienone is 2. The van der Waals surface area contributed by atoms with Gasteiger partial charge in [0.1, 0.15) is 5.69 Å². The van der Waals surface area contributed by atoms with Crippen LogP contribution >= 0.6 is 0 Å². The Kier molecular flexibility index (Phi) is 2.51. The lowest BCUT2D eigenvalue weighted by Gasteiger charge is -2.37. The Morgan fingerprint density at radius 2 is 2.21 bits per heavy atom. The molecular formula is C13H11N2O4-. The van der Waals surface area contributed by atoms with Gasteiger partial charge in [-0.3, -0.25) is 10.1 Å². The van der Waals surface area contributed by atoms with E-state index in [2.05, 4.69) is 5.32 Å². The maximum absolute atomic E-state index is 11.2. The van der Waals surface area contributed by atoms with Crippen molar-refractivity contribution in [1.82, 2.24) is 0 Å². The molecule has 0 aromatic heterocycles. The number of carboxylic acids is 1. The summed E-state index contributed by atoms with van der Waals surface area (Å²) in [5.41, 5.74) is 0.988. The first-order valence-electron chi connectivity index (χ1n) is 6.01. The highest BCUT2D eigenvalue weighted by molar-refractivity contribution is 5.82. The van der Waals surface area contributed by atoms with Crippen molar-refractivity contribution < 1.29 is 14.8 Å². The average molecular weight is 259 g/mol. The summed E-state index contributed by atoms with van der Waals surface area (Å²) in [6.45, 7) is 0. The summed E-state index contributed by atoms with van der Waals surface area (Å²) in [7, 11) is 0. The molecule has 6 heteroatoms. The first kappa shape index (κ1) is 11.7. The third-order valence-electron chi connectivity index (χ3n) is 3.83. The van der Waals surface area contributed by atoms with Gasteiger partial charge in [-0.2, -0.15) is 0 Å². The van der Waals surface area contributed by atoms with E-state index in [4.69, 9.17) is 0 Å². The van der Waals surface area contributed by atoms with Crippen molar-refractivity contribution in [3.63, 3.8) is 0 Å². The zero-order chi connectivity index (χ0) is 13.6. The van der Waals surface area contributed by atoms with E-state index in [1.54, 1.807) is 12.1 Å². The number of aliphatic carboxylic acids is 1. The number of nitro benzene ring substituents is 1. The normalized spacial score (nSPS) is 27.3. The summed E-state index contributed by atoms with van der Waals surface area (Å²) in [6.07, 6.45) is 4.48. The number of carbonyl (C=O) groups is 1.